The minimum atomic E-state index is -0.223. The molecule has 0 aromatic carbocycles. The average molecular weight is 192 g/mol. The number of aromatic nitrogens is 1. The summed E-state index contributed by atoms with van der Waals surface area (Å²) < 4.78 is 4.77. The lowest BCUT2D eigenvalue weighted by Gasteiger charge is -1.99. The number of carbonyl (C=O) groups excluding carboxylic acids is 1. The number of nitrogens with one attached hydrogen (secondary N) is 1. The number of terminal acetylenes is 1. The largest absolute Gasteiger partial charge is 0.361 e. The van der Waals surface area contributed by atoms with Crippen LogP contribution in [0.4, 0.5) is 0 Å². The Labute approximate surface area is 82.7 Å². The molecule has 0 aliphatic heterocycles. The van der Waals surface area contributed by atoms with Crippen LogP contribution in [0.5, 0.6) is 0 Å². The van der Waals surface area contributed by atoms with E-state index in [1.807, 2.05) is 0 Å². The molecular weight excluding hydrogens is 180 g/mol. The maximum absolute atomic E-state index is 11.3. The third-order valence-electron chi connectivity index (χ3n) is 1.64. The normalized spacial score (nSPS) is 9.43. The standard InChI is InChI=1S/C10H12N2O2/c1-3-4-5-6-11-10(13)9-7-8(2)14-12-9/h1,7H,4-6H2,2H3,(H,11,13). The molecule has 0 atom stereocenters. The first-order valence-electron chi connectivity index (χ1n) is 4.39. The van der Waals surface area contributed by atoms with Crippen molar-refractivity contribution >= 4 is 5.91 Å². The van der Waals surface area contributed by atoms with Gasteiger partial charge in [0.15, 0.2) is 5.69 Å². The number of unbranched alkanes of at least 4 members (excludes halogenated alkanes) is 1. The van der Waals surface area contributed by atoms with E-state index in [2.05, 4.69) is 16.4 Å². The van der Waals surface area contributed by atoms with Crippen molar-refractivity contribution in [3.8, 4) is 12.3 Å². The Bertz CT molecular complexity index is 349. The van der Waals surface area contributed by atoms with Crippen molar-refractivity contribution in [3.05, 3.63) is 17.5 Å². The molecule has 0 aliphatic carbocycles. The van der Waals surface area contributed by atoms with Gasteiger partial charge in [-0.15, -0.1) is 12.3 Å². The molecule has 0 radical (unpaired) electrons. The first kappa shape index (κ1) is 10.3. The van der Waals surface area contributed by atoms with Gasteiger partial charge < -0.3 is 9.84 Å². The highest BCUT2D eigenvalue weighted by atomic mass is 16.5. The Morgan fingerprint density at radius 1 is 1.79 bits per heavy atom. The van der Waals surface area contributed by atoms with Gasteiger partial charge in [0.25, 0.3) is 5.91 Å². The van der Waals surface area contributed by atoms with Crippen molar-refractivity contribution in [2.24, 2.45) is 0 Å². The van der Waals surface area contributed by atoms with Crippen LogP contribution in [-0.2, 0) is 0 Å². The van der Waals surface area contributed by atoms with Crippen LogP contribution in [0.2, 0.25) is 0 Å². The van der Waals surface area contributed by atoms with E-state index < -0.39 is 0 Å². The highest BCUT2D eigenvalue weighted by Gasteiger charge is 2.09. The molecule has 0 spiro atoms. The lowest BCUT2D eigenvalue weighted by atomic mass is 10.3. The zero-order chi connectivity index (χ0) is 10.4. The topological polar surface area (TPSA) is 55.1 Å². The number of nitrogens with zero attached hydrogens (tertiary/aromatic N) is 1. The maximum atomic E-state index is 11.3. The van der Waals surface area contributed by atoms with E-state index in [4.69, 9.17) is 10.9 Å². The van der Waals surface area contributed by atoms with Crippen LogP contribution in [0.15, 0.2) is 10.6 Å². The van der Waals surface area contributed by atoms with Crippen LogP contribution in [0.1, 0.15) is 29.1 Å². The molecule has 0 saturated heterocycles. The molecule has 1 heterocycles. The Morgan fingerprint density at radius 2 is 2.57 bits per heavy atom. The van der Waals surface area contributed by atoms with Crippen LogP contribution < -0.4 is 5.32 Å². The molecule has 1 rings (SSSR count). The van der Waals surface area contributed by atoms with Gasteiger partial charge in [0, 0.05) is 19.0 Å². The van der Waals surface area contributed by atoms with E-state index >= 15 is 0 Å². The van der Waals surface area contributed by atoms with E-state index in [0.29, 0.717) is 24.4 Å². The van der Waals surface area contributed by atoms with Gasteiger partial charge in [-0.2, -0.15) is 0 Å². The minimum absolute atomic E-state index is 0.223. The van der Waals surface area contributed by atoms with E-state index in [9.17, 15) is 4.79 Å². The third-order valence-corrected chi connectivity index (χ3v) is 1.64. The fourth-order valence-corrected chi connectivity index (χ4v) is 0.956. The van der Waals surface area contributed by atoms with E-state index in [1.54, 1.807) is 13.0 Å². The lowest BCUT2D eigenvalue weighted by Crippen LogP contribution is -2.24. The Balaban J connectivity index is 2.33. The fraction of sp³-hybridized carbons (Fsp3) is 0.400. The number of rotatable bonds is 4. The monoisotopic (exact) mass is 192 g/mol. The molecule has 1 amide bonds. The quantitative estimate of drug-likeness (QED) is 0.574. The molecule has 4 nitrogen and oxygen atoms in total. The van der Waals surface area contributed by atoms with E-state index in [-0.39, 0.29) is 5.91 Å². The van der Waals surface area contributed by atoms with Crippen LogP contribution in [-0.4, -0.2) is 17.6 Å². The van der Waals surface area contributed by atoms with Gasteiger partial charge >= 0.3 is 0 Å². The summed E-state index contributed by atoms with van der Waals surface area (Å²) in [5.41, 5.74) is 0.309. The molecular formula is C10H12N2O2. The first-order valence-corrected chi connectivity index (χ1v) is 4.39. The number of hydrogen-bond donors (Lipinski definition) is 1. The molecule has 1 aromatic heterocycles. The van der Waals surface area contributed by atoms with Crippen LogP contribution >= 0.6 is 0 Å². The van der Waals surface area contributed by atoms with Crippen molar-refractivity contribution in [2.75, 3.05) is 6.54 Å². The molecule has 0 unspecified atom stereocenters. The van der Waals surface area contributed by atoms with Gasteiger partial charge in [-0.1, -0.05) is 5.16 Å². The second-order valence-electron chi connectivity index (χ2n) is 2.89. The summed E-state index contributed by atoms with van der Waals surface area (Å²) >= 11 is 0. The minimum Gasteiger partial charge on any atom is -0.361 e. The van der Waals surface area contributed by atoms with Crippen LogP contribution in [0.3, 0.4) is 0 Å². The van der Waals surface area contributed by atoms with Gasteiger partial charge in [0.05, 0.1) is 0 Å². The maximum Gasteiger partial charge on any atom is 0.273 e. The number of aryl methyl sites for hydroxylation is 1. The predicted molar refractivity (Wildman–Crippen MR) is 51.6 cm³/mol. The molecule has 0 aliphatic rings. The summed E-state index contributed by atoms with van der Waals surface area (Å²) in [4.78, 5) is 11.3. The molecule has 0 fully saturated rings. The van der Waals surface area contributed by atoms with Crippen LogP contribution in [0, 0.1) is 19.3 Å². The number of amides is 1. The van der Waals surface area contributed by atoms with Crippen molar-refractivity contribution in [1.82, 2.24) is 10.5 Å². The van der Waals surface area contributed by atoms with Gasteiger partial charge in [-0.25, -0.2) is 0 Å². The summed E-state index contributed by atoms with van der Waals surface area (Å²) in [7, 11) is 0. The zero-order valence-corrected chi connectivity index (χ0v) is 8.04. The molecule has 4 heteroatoms. The van der Waals surface area contributed by atoms with Crippen molar-refractivity contribution in [2.45, 2.75) is 19.8 Å². The summed E-state index contributed by atoms with van der Waals surface area (Å²) in [5, 5.41) is 6.28. The lowest BCUT2D eigenvalue weighted by molar-refractivity contribution is 0.0944. The summed E-state index contributed by atoms with van der Waals surface area (Å²) in [6.45, 7) is 2.30. The molecule has 0 saturated carbocycles. The van der Waals surface area contributed by atoms with Crippen LogP contribution in [0.25, 0.3) is 0 Å². The second kappa shape index (κ2) is 5.07. The van der Waals surface area contributed by atoms with Gasteiger partial charge in [-0.3, -0.25) is 4.79 Å². The highest BCUT2D eigenvalue weighted by Crippen LogP contribution is 2.00. The predicted octanol–water partition coefficient (Wildman–Crippen LogP) is 1.13. The number of carbonyl (C=O) groups is 1. The summed E-state index contributed by atoms with van der Waals surface area (Å²) in [6.07, 6.45) is 6.51. The second-order valence-corrected chi connectivity index (χ2v) is 2.89. The molecule has 1 N–H and O–H groups in total. The SMILES string of the molecule is C#CCCCNC(=O)c1cc(C)on1. The summed E-state index contributed by atoms with van der Waals surface area (Å²) in [5.74, 6) is 2.90. The van der Waals surface area contributed by atoms with E-state index in [1.165, 1.54) is 0 Å². The van der Waals surface area contributed by atoms with E-state index in [0.717, 1.165) is 6.42 Å². The molecule has 0 bridgehead atoms. The molecule has 1 aromatic rings. The van der Waals surface area contributed by atoms with Crippen molar-refractivity contribution in [3.63, 3.8) is 0 Å². The van der Waals surface area contributed by atoms with Gasteiger partial charge in [0.1, 0.15) is 5.76 Å². The Kier molecular flexibility index (Phi) is 3.74. The zero-order valence-electron chi connectivity index (χ0n) is 8.04. The first-order chi connectivity index (χ1) is 6.74. The van der Waals surface area contributed by atoms with Gasteiger partial charge in [-0.05, 0) is 13.3 Å². The van der Waals surface area contributed by atoms with Crippen molar-refractivity contribution in [1.29, 1.82) is 0 Å². The molecule has 14 heavy (non-hydrogen) atoms. The fourth-order valence-electron chi connectivity index (χ4n) is 0.956. The Morgan fingerprint density at radius 3 is 3.14 bits per heavy atom. The third kappa shape index (κ3) is 2.94. The Hall–Kier alpha value is -1.76. The highest BCUT2D eigenvalue weighted by molar-refractivity contribution is 5.92. The smallest absolute Gasteiger partial charge is 0.273 e. The number of hydrogen-bond acceptors (Lipinski definition) is 3. The van der Waals surface area contributed by atoms with Gasteiger partial charge in [0.2, 0.25) is 0 Å². The average Bonchev–Trinajstić information content (AvgIpc) is 2.59. The molecule has 74 valence electrons. The van der Waals surface area contributed by atoms with Crippen molar-refractivity contribution < 1.29 is 9.32 Å². The summed E-state index contributed by atoms with van der Waals surface area (Å²) in [6, 6.07) is 1.59.